The number of carbonyl (C=O) groups excluding carboxylic acids is 2. The smallest absolute Gasteiger partial charge is 0.350 e. The molecule has 1 amide bonds. The summed E-state index contributed by atoms with van der Waals surface area (Å²) >= 11 is 6.23. The molecule has 0 fully saturated rings. The van der Waals surface area contributed by atoms with E-state index in [1.165, 1.54) is 7.11 Å². The predicted octanol–water partition coefficient (Wildman–Crippen LogP) is 2.93. The Bertz CT molecular complexity index is 769. The van der Waals surface area contributed by atoms with Gasteiger partial charge in [0.1, 0.15) is 4.88 Å². The first-order chi connectivity index (χ1) is 11.4. The van der Waals surface area contributed by atoms with Crippen molar-refractivity contribution in [3.8, 4) is 0 Å². The Morgan fingerprint density at radius 3 is 2.54 bits per heavy atom. The average Bonchev–Trinajstić information content (AvgIpc) is 2.94. The summed E-state index contributed by atoms with van der Waals surface area (Å²) in [6.45, 7) is 3.75. The summed E-state index contributed by atoms with van der Waals surface area (Å²) in [7, 11) is 1.31. The van der Waals surface area contributed by atoms with E-state index in [0.717, 1.165) is 23.3 Å². The summed E-state index contributed by atoms with van der Waals surface area (Å²) in [6, 6.07) is 7.30. The zero-order valence-corrected chi connectivity index (χ0v) is 15.1. The van der Waals surface area contributed by atoms with E-state index in [1.807, 2.05) is 19.1 Å². The molecule has 0 aliphatic heterocycles. The van der Waals surface area contributed by atoms with Crippen LogP contribution in [0.1, 0.15) is 38.2 Å². The normalized spacial score (nSPS) is 10.1. The van der Waals surface area contributed by atoms with E-state index in [0.29, 0.717) is 21.3 Å². The Kier molecular flexibility index (Phi) is 5.99. The Labute approximate surface area is 149 Å². The monoisotopic (exact) mass is 363 g/mol. The summed E-state index contributed by atoms with van der Waals surface area (Å²) < 4.78 is 4.68. The molecule has 2 N–H and O–H groups in total. The van der Waals surface area contributed by atoms with Crippen LogP contribution in [0.2, 0.25) is 0 Å². The first-order valence-corrected chi connectivity index (χ1v) is 8.44. The van der Waals surface area contributed by atoms with Crippen molar-refractivity contribution in [3.05, 3.63) is 46.0 Å². The number of anilines is 1. The van der Waals surface area contributed by atoms with Gasteiger partial charge in [-0.1, -0.05) is 30.4 Å². The lowest BCUT2D eigenvalue weighted by atomic mass is 10.1. The fraction of sp³-hybridized carbons (Fsp3) is 0.250. The van der Waals surface area contributed by atoms with Gasteiger partial charge in [-0.3, -0.25) is 10.1 Å². The van der Waals surface area contributed by atoms with Gasteiger partial charge in [0.05, 0.1) is 12.8 Å². The lowest BCUT2D eigenvalue weighted by Crippen LogP contribution is -2.34. The lowest BCUT2D eigenvalue weighted by molar-refractivity contribution is 0.0605. The van der Waals surface area contributed by atoms with Crippen LogP contribution in [0.15, 0.2) is 24.3 Å². The maximum Gasteiger partial charge on any atom is 0.350 e. The number of hydrogen-bond donors (Lipinski definition) is 2. The molecule has 0 unspecified atom stereocenters. The standard InChI is InChI=1S/C16H17N3O3S2/c1-4-10-5-7-11(8-6-10)13(20)18-15(23)19-16-17-9(2)12(24-16)14(21)22-3/h5-8H,4H2,1-3H3,(H2,17,18,19,20,23). The number of amides is 1. The minimum Gasteiger partial charge on any atom is -0.465 e. The van der Waals surface area contributed by atoms with E-state index in [-0.39, 0.29) is 11.0 Å². The number of thiazole rings is 1. The summed E-state index contributed by atoms with van der Waals surface area (Å²) in [4.78, 5) is 28.3. The molecule has 0 saturated heterocycles. The van der Waals surface area contributed by atoms with E-state index in [1.54, 1.807) is 19.1 Å². The number of rotatable bonds is 4. The van der Waals surface area contributed by atoms with Crippen LogP contribution < -0.4 is 10.6 Å². The number of carbonyl (C=O) groups is 2. The molecule has 1 aromatic heterocycles. The summed E-state index contributed by atoms with van der Waals surface area (Å²) in [5.74, 6) is -0.763. The van der Waals surface area contributed by atoms with E-state index >= 15 is 0 Å². The Balaban J connectivity index is 1.99. The largest absolute Gasteiger partial charge is 0.465 e. The first kappa shape index (κ1) is 18.0. The second-order valence-electron chi connectivity index (χ2n) is 4.88. The third kappa shape index (κ3) is 4.36. The van der Waals surface area contributed by atoms with Crippen molar-refractivity contribution in [2.24, 2.45) is 0 Å². The molecule has 0 atom stereocenters. The third-order valence-corrected chi connectivity index (χ3v) is 4.50. The predicted molar refractivity (Wildman–Crippen MR) is 97.7 cm³/mol. The molecule has 2 aromatic rings. The van der Waals surface area contributed by atoms with Crippen molar-refractivity contribution >= 4 is 45.7 Å². The Morgan fingerprint density at radius 1 is 1.29 bits per heavy atom. The molecule has 2 rings (SSSR count). The molecule has 0 spiro atoms. The zero-order chi connectivity index (χ0) is 17.7. The van der Waals surface area contributed by atoms with Gasteiger partial charge in [0.2, 0.25) is 0 Å². The maximum absolute atomic E-state index is 12.1. The lowest BCUT2D eigenvalue weighted by Gasteiger charge is -2.07. The van der Waals surface area contributed by atoms with Crippen LogP contribution in [0.4, 0.5) is 5.13 Å². The second kappa shape index (κ2) is 7.98. The van der Waals surface area contributed by atoms with Gasteiger partial charge in [-0.2, -0.15) is 0 Å². The number of ether oxygens (including phenoxy) is 1. The molecule has 0 saturated carbocycles. The fourth-order valence-electron chi connectivity index (χ4n) is 1.93. The molecule has 24 heavy (non-hydrogen) atoms. The number of thiocarbonyl (C=S) groups is 1. The van der Waals surface area contributed by atoms with Gasteiger partial charge >= 0.3 is 5.97 Å². The summed E-state index contributed by atoms with van der Waals surface area (Å²) in [5.41, 5.74) is 2.21. The van der Waals surface area contributed by atoms with Gasteiger partial charge in [-0.25, -0.2) is 9.78 Å². The Morgan fingerprint density at radius 2 is 1.96 bits per heavy atom. The van der Waals surface area contributed by atoms with Crippen LogP contribution in [-0.2, 0) is 11.2 Å². The van der Waals surface area contributed by atoms with Gasteiger partial charge in [-0.05, 0) is 43.3 Å². The van der Waals surface area contributed by atoms with E-state index in [4.69, 9.17) is 12.2 Å². The van der Waals surface area contributed by atoms with Crippen molar-refractivity contribution in [1.29, 1.82) is 0 Å². The molecule has 6 nitrogen and oxygen atoms in total. The molecular formula is C16H17N3O3S2. The maximum atomic E-state index is 12.1. The van der Waals surface area contributed by atoms with Crippen LogP contribution in [-0.4, -0.2) is 29.1 Å². The molecule has 0 aliphatic rings. The number of aromatic nitrogens is 1. The van der Waals surface area contributed by atoms with Crippen LogP contribution in [0.5, 0.6) is 0 Å². The second-order valence-corrected chi connectivity index (χ2v) is 6.29. The number of hydrogen-bond acceptors (Lipinski definition) is 6. The van der Waals surface area contributed by atoms with Crippen molar-refractivity contribution in [1.82, 2.24) is 10.3 Å². The average molecular weight is 363 g/mol. The van der Waals surface area contributed by atoms with Crippen LogP contribution in [0.25, 0.3) is 0 Å². The van der Waals surface area contributed by atoms with Crippen molar-refractivity contribution < 1.29 is 14.3 Å². The summed E-state index contributed by atoms with van der Waals surface area (Å²) in [5, 5.41) is 5.92. The van der Waals surface area contributed by atoms with Gasteiger partial charge in [-0.15, -0.1) is 0 Å². The zero-order valence-electron chi connectivity index (χ0n) is 13.5. The highest BCUT2D eigenvalue weighted by atomic mass is 32.1. The van der Waals surface area contributed by atoms with Crippen molar-refractivity contribution in [3.63, 3.8) is 0 Å². The first-order valence-electron chi connectivity index (χ1n) is 7.21. The number of nitrogens with one attached hydrogen (secondary N) is 2. The third-order valence-electron chi connectivity index (χ3n) is 3.24. The van der Waals surface area contributed by atoms with Gasteiger partial charge in [0.15, 0.2) is 10.2 Å². The molecule has 8 heteroatoms. The number of nitrogens with zero attached hydrogens (tertiary/aromatic N) is 1. The highest BCUT2D eigenvalue weighted by Gasteiger charge is 2.16. The number of benzene rings is 1. The molecule has 126 valence electrons. The van der Waals surface area contributed by atoms with Gasteiger partial charge < -0.3 is 10.1 Å². The topological polar surface area (TPSA) is 80.3 Å². The molecule has 0 aliphatic carbocycles. The molecule has 0 bridgehead atoms. The minimum absolute atomic E-state index is 0.115. The summed E-state index contributed by atoms with van der Waals surface area (Å²) in [6.07, 6.45) is 0.911. The highest BCUT2D eigenvalue weighted by molar-refractivity contribution is 7.80. The Hall–Kier alpha value is -2.32. The van der Waals surface area contributed by atoms with E-state index in [2.05, 4.69) is 20.4 Å². The molecule has 1 aromatic carbocycles. The SMILES string of the molecule is CCc1ccc(C(=O)NC(=S)Nc2nc(C)c(C(=O)OC)s2)cc1. The number of methoxy groups -OCH3 is 1. The van der Waals surface area contributed by atoms with Crippen molar-refractivity contribution in [2.75, 3.05) is 12.4 Å². The van der Waals surface area contributed by atoms with Crippen molar-refractivity contribution in [2.45, 2.75) is 20.3 Å². The van der Waals surface area contributed by atoms with Gasteiger partial charge in [0, 0.05) is 5.56 Å². The molecular weight excluding hydrogens is 346 g/mol. The molecule has 1 heterocycles. The van der Waals surface area contributed by atoms with Crippen LogP contribution in [0.3, 0.4) is 0 Å². The van der Waals surface area contributed by atoms with Crippen LogP contribution >= 0.6 is 23.6 Å². The minimum atomic E-state index is -0.455. The molecule has 0 radical (unpaired) electrons. The van der Waals surface area contributed by atoms with Crippen LogP contribution in [0, 0.1) is 6.92 Å². The quantitative estimate of drug-likeness (QED) is 0.642. The van der Waals surface area contributed by atoms with Gasteiger partial charge in [0.25, 0.3) is 5.91 Å². The number of aryl methyl sites for hydroxylation is 2. The number of esters is 1. The highest BCUT2D eigenvalue weighted by Crippen LogP contribution is 2.23. The van der Waals surface area contributed by atoms with E-state index in [9.17, 15) is 9.59 Å². The van der Waals surface area contributed by atoms with E-state index < -0.39 is 5.97 Å². The fourth-order valence-corrected chi connectivity index (χ4v) is 3.07.